The Morgan fingerprint density at radius 2 is 1.90 bits per heavy atom. The van der Waals surface area contributed by atoms with E-state index in [4.69, 9.17) is 11.6 Å². The second kappa shape index (κ2) is 3.37. The Morgan fingerprint density at radius 1 is 1.30 bits per heavy atom. The molecule has 0 atom stereocenters. The summed E-state index contributed by atoms with van der Waals surface area (Å²) >= 11 is 5.66. The van der Waals surface area contributed by atoms with Gasteiger partial charge in [0, 0.05) is 11.2 Å². The maximum Gasteiger partial charge on any atom is 0.0626 e. The molecule has 1 aromatic rings. The molecule has 0 radical (unpaired) electrons. The van der Waals surface area contributed by atoms with Crippen molar-refractivity contribution >= 4 is 23.5 Å². The predicted molar refractivity (Wildman–Crippen MR) is 45.3 cm³/mol. The van der Waals surface area contributed by atoms with Gasteiger partial charge in [0.15, 0.2) is 0 Å². The van der Waals surface area contributed by atoms with Gasteiger partial charge in [-0.05, 0) is 31.2 Å². The highest BCUT2D eigenvalue weighted by atomic mass is 35.5. The minimum atomic E-state index is 0.745. The minimum Gasteiger partial charge on any atom is -0.262 e. The summed E-state index contributed by atoms with van der Waals surface area (Å²) in [6.07, 6.45) is 1.75. The molecule has 0 bridgehead atoms. The highest BCUT2D eigenvalue weighted by Crippen LogP contribution is 2.15. The van der Waals surface area contributed by atoms with E-state index in [0.29, 0.717) is 0 Å². The van der Waals surface area contributed by atoms with Gasteiger partial charge in [-0.15, -0.1) is 0 Å². The second-order valence-corrected chi connectivity index (χ2v) is 2.30. The van der Waals surface area contributed by atoms with Crippen LogP contribution in [0.5, 0.6) is 0 Å². The van der Waals surface area contributed by atoms with E-state index >= 15 is 0 Å². The van der Waals surface area contributed by atoms with Gasteiger partial charge in [-0.2, -0.15) is 0 Å². The smallest absolute Gasteiger partial charge is 0.0626 e. The average Bonchev–Trinajstić information content (AvgIpc) is 1.95. The van der Waals surface area contributed by atoms with Crippen LogP contribution < -0.4 is 0 Å². The Hall–Kier alpha value is -0.820. The number of hydrogen-bond acceptors (Lipinski definition) is 1. The molecule has 0 saturated carbocycles. The van der Waals surface area contributed by atoms with E-state index in [1.807, 2.05) is 31.2 Å². The molecule has 1 aromatic carbocycles. The van der Waals surface area contributed by atoms with E-state index in [-0.39, 0.29) is 0 Å². The molecule has 0 aliphatic rings. The van der Waals surface area contributed by atoms with E-state index in [0.717, 1.165) is 10.7 Å². The molecule has 10 heavy (non-hydrogen) atoms. The fraction of sp³-hybridized carbons (Fsp3) is 0.125. The summed E-state index contributed by atoms with van der Waals surface area (Å²) in [6, 6.07) is 7.40. The Bertz CT molecular complexity index is 226. The van der Waals surface area contributed by atoms with Crippen molar-refractivity contribution in [1.29, 1.82) is 0 Å². The number of aliphatic imine (C=N–C) groups is 1. The van der Waals surface area contributed by atoms with E-state index in [2.05, 4.69) is 4.99 Å². The molecular formula is C8H8ClN. The molecule has 0 unspecified atom stereocenters. The van der Waals surface area contributed by atoms with Crippen LogP contribution in [0.3, 0.4) is 0 Å². The standard InChI is InChI=1S/C8H8ClN/c1-2-10-8-5-3-7(9)4-6-8/h2-6H,1H3/b10-2+. The van der Waals surface area contributed by atoms with Crippen molar-refractivity contribution in [3.8, 4) is 0 Å². The molecular weight excluding hydrogens is 146 g/mol. The highest BCUT2D eigenvalue weighted by Gasteiger charge is 1.85. The lowest BCUT2D eigenvalue weighted by atomic mass is 10.3. The molecule has 0 fully saturated rings. The van der Waals surface area contributed by atoms with E-state index < -0.39 is 0 Å². The molecule has 1 nitrogen and oxygen atoms in total. The van der Waals surface area contributed by atoms with Gasteiger partial charge >= 0.3 is 0 Å². The largest absolute Gasteiger partial charge is 0.262 e. The fourth-order valence-corrected chi connectivity index (χ4v) is 0.802. The average molecular weight is 154 g/mol. The first-order valence-electron chi connectivity index (χ1n) is 3.07. The maximum atomic E-state index is 5.66. The highest BCUT2D eigenvalue weighted by molar-refractivity contribution is 6.30. The van der Waals surface area contributed by atoms with Crippen LogP contribution >= 0.6 is 11.6 Å². The summed E-state index contributed by atoms with van der Waals surface area (Å²) < 4.78 is 0. The van der Waals surface area contributed by atoms with Gasteiger partial charge in [0.1, 0.15) is 0 Å². The lowest BCUT2D eigenvalue weighted by molar-refractivity contribution is 1.53. The van der Waals surface area contributed by atoms with E-state index in [1.54, 1.807) is 6.21 Å². The number of benzene rings is 1. The number of rotatable bonds is 1. The van der Waals surface area contributed by atoms with Gasteiger partial charge in [0.05, 0.1) is 5.69 Å². The van der Waals surface area contributed by atoms with Gasteiger partial charge in [-0.1, -0.05) is 11.6 Å². The molecule has 2 heteroatoms. The first kappa shape index (κ1) is 7.29. The quantitative estimate of drug-likeness (QED) is 0.550. The maximum absolute atomic E-state index is 5.66. The van der Waals surface area contributed by atoms with Crippen LogP contribution in [0.2, 0.25) is 5.02 Å². The molecule has 0 aliphatic heterocycles. The zero-order valence-corrected chi connectivity index (χ0v) is 6.47. The van der Waals surface area contributed by atoms with Crippen molar-refractivity contribution in [2.45, 2.75) is 6.92 Å². The molecule has 1 rings (SSSR count). The lowest BCUT2D eigenvalue weighted by Gasteiger charge is -1.90. The van der Waals surface area contributed by atoms with Crippen molar-refractivity contribution in [2.75, 3.05) is 0 Å². The molecule has 0 aromatic heterocycles. The number of hydrogen-bond donors (Lipinski definition) is 0. The number of nitrogens with zero attached hydrogens (tertiary/aromatic N) is 1. The van der Waals surface area contributed by atoms with Gasteiger partial charge in [0.25, 0.3) is 0 Å². The molecule has 0 amide bonds. The van der Waals surface area contributed by atoms with Crippen molar-refractivity contribution in [2.24, 2.45) is 4.99 Å². The van der Waals surface area contributed by atoms with E-state index in [9.17, 15) is 0 Å². The number of halogens is 1. The molecule has 0 aliphatic carbocycles. The summed E-state index contributed by atoms with van der Waals surface area (Å²) in [5.74, 6) is 0. The Kier molecular flexibility index (Phi) is 2.46. The normalized spacial score (nSPS) is 10.6. The molecule has 52 valence electrons. The third kappa shape index (κ3) is 1.85. The zero-order valence-electron chi connectivity index (χ0n) is 5.71. The summed E-state index contributed by atoms with van der Waals surface area (Å²) in [4.78, 5) is 4.06. The molecule has 0 heterocycles. The third-order valence-corrected chi connectivity index (χ3v) is 1.36. The molecule has 0 saturated heterocycles. The monoisotopic (exact) mass is 153 g/mol. The van der Waals surface area contributed by atoms with Crippen molar-refractivity contribution in [1.82, 2.24) is 0 Å². The Balaban J connectivity index is 2.89. The topological polar surface area (TPSA) is 12.4 Å². The van der Waals surface area contributed by atoms with Crippen LogP contribution in [-0.4, -0.2) is 6.21 Å². The second-order valence-electron chi connectivity index (χ2n) is 1.86. The van der Waals surface area contributed by atoms with Crippen LogP contribution in [0.15, 0.2) is 29.3 Å². The lowest BCUT2D eigenvalue weighted by Crippen LogP contribution is -1.64. The zero-order chi connectivity index (χ0) is 7.40. The first-order valence-corrected chi connectivity index (χ1v) is 3.45. The van der Waals surface area contributed by atoms with Gasteiger partial charge in [-0.3, -0.25) is 4.99 Å². The van der Waals surface area contributed by atoms with Gasteiger partial charge in [-0.25, -0.2) is 0 Å². The van der Waals surface area contributed by atoms with Crippen LogP contribution in [0.4, 0.5) is 5.69 Å². The van der Waals surface area contributed by atoms with Crippen molar-refractivity contribution in [3.63, 3.8) is 0 Å². The van der Waals surface area contributed by atoms with Crippen LogP contribution in [0, 0.1) is 0 Å². The van der Waals surface area contributed by atoms with Gasteiger partial charge < -0.3 is 0 Å². The first-order chi connectivity index (χ1) is 4.83. The van der Waals surface area contributed by atoms with Crippen LogP contribution in [0.25, 0.3) is 0 Å². The Labute approximate surface area is 65.4 Å². The summed E-state index contributed by atoms with van der Waals surface area (Å²) in [5, 5.41) is 0.745. The summed E-state index contributed by atoms with van der Waals surface area (Å²) in [6.45, 7) is 1.88. The summed E-state index contributed by atoms with van der Waals surface area (Å²) in [7, 11) is 0. The Morgan fingerprint density at radius 3 is 2.40 bits per heavy atom. The van der Waals surface area contributed by atoms with Crippen molar-refractivity contribution < 1.29 is 0 Å². The molecule has 0 spiro atoms. The SMILES string of the molecule is C/C=N/c1ccc(Cl)cc1. The third-order valence-electron chi connectivity index (χ3n) is 1.10. The van der Waals surface area contributed by atoms with E-state index in [1.165, 1.54) is 0 Å². The van der Waals surface area contributed by atoms with Gasteiger partial charge in [0.2, 0.25) is 0 Å². The van der Waals surface area contributed by atoms with Crippen molar-refractivity contribution in [3.05, 3.63) is 29.3 Å². The summed E-state index contributed by atoms with van der Waals surface area (Å²) in [5.41, 5.74) is 0.937. The van der Waals surface area contributed by atoms with Crippen LogP contribution in [-0.2, 0) is 0 Å². The van der Waals surface area contributed by atoms with Crippen LogP contribution in [0.1, 0.15) is 6.92 Å². The minimum absolute atomic E-state index is 0.745. The molecule has 0 N–H and O–H groups in total. The fourth-order valence-electron chi connectivity index (χ4n) is 0.676. The predicted octanol–water partition coefficient (Wildman–Crippen LogP) is 3.06.